The van der Waals surface area contributed by atoms with Gasteiger partial charge in [0.1, 0.15) is 11.0 Å². The van der Waals surface area contributed by atoms with E-state index >= 15 is 0 Å². The summed E-state index contributed by atoms with van der Waals surface area (Å²) in [5.74, 6) is 0.431. The highest BCUT2D eigenvalue weighted by Gasteiger charge is 2.10. The standard InChI is InChI=1S/C9H12ClN3O2S/c1-6(16-2)5-11-9-4-7(13(14)15)3-8(10)12-9/h3-4,6H,5H2,1-2H3,(H,11,12). The molecule has 7 heteroatoms. The van der Waals surface area contributed by atoms with E-state index in [-0.39, 0.29) is 10.8 Å². The first-order valence-corrected chi connectivity index (χ1v) is 6.28. The number of aromatic nitrogens is 1. The smallest absolute Gasteiger partial charge is 0.276 e. The van der Waals surface area contributed by atoms with Crippen molar-refractivity contribution in [3.63, 3.8) is 0 Å². The molecular weight excluding hydrogens is 250 g/mol. The number of halogens is 1. The third-order valence-corrected chi connectivity index (χ3v) is 3.13. The van der Waals surface area contributed by atoms with Crippen molar-refractivity contribution in [1.29, 1.82) is 0 Å². The molecule has 1 aromatic rings. The fourth-order valence-corrected chi connectivity index (χ4v) is 1.46. The van der Waals surface area contributed by atoms with Gasteiger partial charge in [-0.3, -0.25) is 10.1 Å². The molecule has 1 N–H and O–H groups in total. The maximum atomic E-state index is 10.6. The van der Waals surface area contributed by atoms with E-state index in [0.29, 0.717) is 17.6 Å². The second kappa shape index (κ2) is 5.91. The Kier molecular flexibility index (Phi) is 4.82. The summed E-state index contributed by atoms with van der Waals surface area (Å²) in [5, 5.41) is 14.1. The monoisotopic (exact) mass is 261 g/mol. The average molecular weight is 262 g/mol. The minimum absolute atomic E-state index is 0.0562. The first-order chi connectivity index (χ1) is 7.52. The Hall–Kier alpha value is -1.01. The Balaban J connectivity index is 2.76. The number of hydrogen-bond acceptors (Lipinski definition) is 5. The van der Waals surface area contributed by atoms with Gasteiger partial charge in [-0.2, -0.15) is 11.8 Å². The van der Waals surface area contributed by atoms with Gasteiger partial charge in [0, 0.05) is 11.8 Å². The van der Waals surface area contributed by atoms with E-state index in [4.69, 9.17) is 11.6 Å². The Morgan fingerprint density at radius 3 is 2.94 bits per heavy atom. The molecule has 1 aromatic heterocycles. The first kappa shape index (κ1) is 13.1. The van der Waals surface area contributed by atoms with E-state index in [1.807, 2.05) is 6.26 Å². The van der Waals surface area contributed by atoms with Crippen molar-refractivity contribution in [2.24, 2.45) is 0 Å². The summed E-state index contributed by atoms with van der Waals surface area (Å²) in [6.45, 7) is 2.74. The molecule has 0 aliphatic heterocycles. The van der Waals surface area contributed by atoms with Gasteiger partial charge in [-0.1, -0.05) is 18.5 Å². The molecule has 1 atom stereocenters. The minimum atomic E-state index is -0.489. The maximum absolute atomic E-state index is 10.6. The van der Waals surface area contributed by atoms with E-state index in [2.05, 4.69) is 17.2 Å². The molecule has 0 aromatic carbocycles. The Labute approximate surface area is 103 Å². The van der Waals surface area contributed by atoms with E-state index < -0.39 is 4.92 Å². The summed E-state index contributed by atoms with van der Waals surface area (Å²) in [7, 11) is 0. The van der Waals surface area contributed by atoms with E-state index in [9.17, 15) is 10.1 Å². The number of hydrogen-bond donors (Lipinski definition) is 1. The molecule has 0 radical (unpaired) electrons. The lowest BCUT2D eigenvalue weighted by atomic mass is 10.4. The molecular formula is C9H12ClN3O2S. The summed E-state index contributed by atoms with van der Waals surface area (Å²) in [6.07, 6.45) is 2.00. The Morgan fingerprint density at radius 1 is 1.69 bits per heavy atom. The molecule has 5 nitrogen and oxygen atoms in total. The Morgan fingerprint density at radius 2 is 2.38 bits per heavy atom. The minimum Gasteiger partial charge on any atom is -0.369 e. The van der Waals surface area contributed by atoms with Crippen molar-refractivity contribution in [3.05, 3.63) is 27.4 Å². The lowest BCUT2D eigenvalue weighted by molar-refractivity contribution is -0.384. The second-order valence-electron chi connectivity index (χ2n) is 3.22. The van der Waals surface area contributed by atoms with Crippen molar-refractivity contribution in [3.8, 4) is 0 Å². The van der Waals surface area contributed by atoms with Gasteiger partial charge in [0.25, 0.3) is 5.69 Å². The SMILES string of the molecule is CSC(C)CNc1cc([N+](=O)[O-])cc(Cl)n1. The summed E-state index contributed by atoms with van der Waals surface area (Å²) in [5.41, 5.74) is -0.0562. The van der Waals surface area contributed by atoms with Crippen LogP contribution < -0.4 is 5.32 Å². The van der Waals surface area contributed by atoms with Gasteiger partial charge >= 0.3 is 0 Å². The summed E-state index contributed by atoms with van der Waals surface area (Å²) < 4.78 is 0. The van der Waals surface area contributed by atoms with Gasteiger partial charge < -0.3 is 5.32 Å². The lowest BCUT2D eigenvalue weighted by Crippen LogP contribution is -2.13. The van der Waals surface area contributed by atoms with Crippen LogP contribution in [0.5, 0.6) is 0 Å². The van der Waals surface area contributed by atoms with Crippen LogP contribution in [-0.4, -0.2) is 28.0 Å². The number of nitrogens with one attached hydrogen (secondary N) is 1. The van der Waals surface area contributed by atoms with Crippen LogP contribution in [0, 0.1) is 10.1 Å². The fraction of sp³-hybridized carbons (Fsp3) is 0.444. The molecule has 0 aliphatic carbocycles. The van der Waals surface area contributed by atoms with Crippen LogP contribution in [0.25, 0.3) is 0 Å². The normalized spacial score (nSPS) is 12.2. The van der Waals surface area contributed by atoms with Crippen LogP contribution in [0.1, 0.15) is 6.92 Å². The molecule has 0 saturated heterocycles. The molecule has 88 valence electrons. The van der Waals surface area contributed by atoms with Crippen molar-refractivity contribution in [1.82, 2.24) is 4.98 Å². The summed E-state index contributed by atoms with van der Waals surface area (Å²) in [4.78, 5) is 14.1. The quantitative estimate of drug-likeness (QED) is 0.501. The fourth-order valence-electron chi connectivity index (χ4n) is 1.01. The van der Waals surface area contributed by atoms with Gasteiger partial charge in [-0.05, 0) is 6.26 Å². The molecule has 0 saturated carbocycles. The number of anilines is 1. The van der Waals surface area contributed by atoms with Gasteiger partial charge in [0.05, 0.1) is 17.1 Å². The van der Waals surface area contributed by atoms with Gasteiger partial charge in [0.15, 0.2) is 0 Å². The van der Waals surface area contributed by atoms with Gasteiger partial charge in [-0.15, -0.1) is 0 Å². The van der Waals surface area contributed by atoms with Crippen molar-refractivity contribution in [2.45, 2.75) is 12.2 Å². The highest BCUT2D eigenvalue weighted by molar-refractivity contribution is 7.99. The predicted octanol–water partition coefficient (Wildman–Crippen LogP) is 2.81. The highest BCUT2D eigenvalue weighted by Crippen LogP contribution is 2.20. The molecule has 0 spiro atoms. The zero-order chi connectivity index (χ0) is 12.1. The maximum Gasteiger partial charge on any atom is 0.276 e. The molecule has 16 heavy (non-hydrogen) atoms. The molecule has 0 amide bonds. The van der Waals surface area contributed by atoms with Crippen LogP contribution >= 0.6 is 23.4 Å². The topological polar surface area (TPSA) is 68.1 Å². The van der Waals surface area contributed by atoms with Crippen LogP contribution in [0.15, 0.2) is 12.1 Å². The van der Waals surface area contributed by atoms with Crippen LogP contribution in [0.4, 0.5) is 11.5 Å². The third kappa shape index (κ3) is 3.86. The second-order valence-corrected chi connectivity index (χ2v) is 4.88. The van der Waals surface area contributed by atoms with Crippen molar-refractivity contribution < 1.29 is 4.92 Å². The number of nitrogens with zero attached hydrogens (tertiary/aromatic N) is 2. The summed E-state index contributed by atoms with van der Waals surface area (Å²) in [6, 6.07) is 2.60. The zero-order valence-corrected chi connectivity index (χ0v) is 10.5. The van der Waals surface area contributed by atoms with Crippen LogP contribution in [0.3, 0.4) is 0 Å². The van der Waals surface area contributed by atoms with Crippen molar-refractivity contribution >= 4 is 34.9 Å². The largest absolute Gasteiger partial charge is 0.369 e. The van der Waals surface area contributed by atoms with E-state index in [1.165, 1.54) is 12.1 Å². The highest BCUT2D eigenvalue weighted by atomic mass is 35.5. The molecule has 1 heterocycles. The summed E-state index contributed by atoms with van der Waals surface area (Å²) >= 11 is 7.38. The molecule has 1 rings (SSSR count). The molecule has 1 unspecified atom stereocenters. The molecule has 0 aliphatic rings. The van der Waals surface area contributed by atoms with Gasteiger partial charge in [-0.25, -0.2) is 4.98 Å². The van der Waals surface area contributed by atoms with E-state index in [1.54, 1.807) is 11.8 Å². The first-order valence-electron chi connectivity index (χ1n) is 4.61. The van der Waals surface area contributed by atoms with Crippen LogP contribution in [-0.2, 0) is 0 Å². The zero-order valence-electron chi connectivity index (χ0n) is 8.94. The number of thioether (sulfide) groups is 1. The van der Waals surface area contributed by atoms with Gasteiger partial charge in [0.2, 0.25) is 0 Å². The number of pyridine rings is 1. The van der Waals surface area contributed by atoms with Crippen LogP contribution in [0.2, 0.25) is 5.15 Å². The third-order valence-electron chi connectivity index (χ3n) is 1.96. The predicted molar refractivity (Wildman–Crippen MR) is 67.4 cm³/mol. The Bertz CT molecular complexity index is 389. The molecule has 0 bridgehead atoms. The number of nitro groups is 1. The number of rotatable bonds is 5. The average Bonchev–Trinajstić information content (AvgIpc) is 2.25. The van der Waals surface area contributed by atoms with E-state index in [0.717, 1.165) is 0 Å². The lowest BCUT2D eigenvalue weighted by Gasteiger charge is -2.10. The molecule has 0 fully saturated rings. The van der Waals surface area contributed by atoms with Crippen molar-refractivity contribution in [2.75, 3.05) is 18.1 Å².